The molecule has 1 fully saturated rings. The van der Waals surface area contributed by atoms with E-state index in [9.17, 15) is 14.9 Å². The molecule has 2 amide bonds. The van der Waals surface area contributed by atoms with Gasteiger partial charge in [-0.15, -0.1) is 5.10 Å². The quantitative estimate of drug-likeness (QED) is 0.264. The Hall–Kier alpha value is -5.97. The second-order valence-electron chi connectivity index (χ2n) is 12.1. The number of carbonyl (C=O) groups is 2. The number of methoxy groups -OCH3 is 1. The Labute approximate surface area is 281 Å². The van der Waals surface area contributed by atoms with Crippen LogP contribution in [0.1, 0.15) is 34.6 Å². The summed E-state index contributed by atoms with van der Waals surface area (Å²) >= 11 is 0. The van der Waals surface area contributed by atoms with Crippen LogP contribution in [0.5, 0.6) is 5.75 Å². The third-order valence-corrected chi connectivity index (χ3v) is 9.29. The van der Waals surface area contributed by atoms with E-state index in [-0.39, 0.29) is 36.0 Å². The van der Waals surface area contributed by atoms with Crippen LogP contribution in [-0.4, -0.2) is 97.8 Å². The van der Waals surface area contributed by atoms with Crippen LogP contribution in [-0.2, 0) is 18.4 Å². The number of benzene rings is 2. The van der Waals surface area contributed by atoms with Crippen molar-refractivity contribution in [1.29, 1.82) is 5.26 Å². The van der Waals surface area contributed by atoms with Crippen molar-refractivity contribution in [3.63, 3.8) is 0 Å². The van der Waals surface area contributed by atoms with Gasteiger partial charge in [0.25, 0.3) is 5.91 Å². The summed E-state index contributed by atoms with van der Waals surface area (Å²) in [4.78, 5) is 35.7. The zero-order valence-electron chi connectivity index (χ0n) is 27.3. The van der Waals surface area contributed by atoms with Gasteiger partial charge in [-0.05, 0) is 35.8 Å². The number of fused-ring (bicyclic) bond motifs is 1. The standard InChI is InChI=1S/C35H35FN10O3/c1-42-29(20-37)30(21-39-42)43-14-16-44(17-15-43)35(48)28-19-27-26(24-7-3-4-8-31(24)49-2)18-25(33(36)34(27)40-28)23-6-5-11-45(22-23)32(47)9-12-46-13-10-38-41-46/h3-4,6-8,10,13,18-19,21,40H,5,9,11-12,14-17,22H2,1-2H3. The number of anilines is 1. The van der Waals surface area contributed by atoms with Gasteiger partial charge in [-0.3, -0.25) is 19.0 Å². The molecule has 7 rings (SSSR count). The molecule has 3 aromatic heterocycles. The van der Waals surface area contributed by atoms with Gasteiger partial charge in [-0.2, -0.15) is 10.4 Å². The first kappa shape index (κ1) is 31.6. The normalized spacial score (nSPS) is 15.0. The van der Waals surface area contributed by atoms with Crippen LogP contribution < -0.4 is 9.64 Å². The lowest BCUT2D eigenvalue weighted by molar-refractivity contribution is -0.131. The van der Waals surface area contributed by atoms with E-state index in [1.807, 2.05) is 35.2 Å². The number of rotatable bonds is 8. The number of piperazine rings is 1. The number of hydrogen-bond acceptors (Lipinski definition) is 8. The van der Waals surface area contributed by atoms with E-state index in [0.717, 1.165) is 11.3 Å². The van der Waals surface area contributed by atoms with Crippen molar-refractivity contribution in [2.24, 2.45) is 7.05 Å². The Bertz CT molecular complexity index is 2100. The summed E-state index contributed by atoms with van der Waals surface area (Å²) < 4.78 is 25.5. The number of hydrogen-bond donors (Lipinski definition) is 1. The highest BCUT2D eigenvalue weighted by Gasteiger charge is 2.29. The van der Waals surface area contributed by atoms with Crippen molar-refractivity contribution in [3.8, 4) is 22.9 Å². The molecule has 14 heteroatoms. The topological polar surface area (TPSA) is 141 Å². The third-order valence-electron chi connectivity index (χ3n) is 9.29. The fraction of sp³-hybridized carbons (Fsp3) is 0.314. The zero-order chi connectivity index (χ0) is 34.1. The Morgan fingerprint density at radius 1 is 1.06 bits per heavy atom. The van der Waals surface area contributed by atoms with Crippen molar-refractivity contribution in [1.82, 2.24) is 39.6 Å². The van der Waals surface area contributed by atoms with Crippen molar-refractivity contribution < 1.29 is 18.7 Å². The van der Waals surface area contributed by atoms with Gasteiger partial charge in [-0.25, -0.2) is 4.39 Å². The number of halogens is 1. The van der Waals surface area contributed by atoms with Crippen LogP contribution in [0.25, 0.3) is 27.6 Å². The predicted molar refractivity (Wildman–Crippen MR) is 180 cm³/mol. The highest BCUT2D eigenvalue weighted by atomic mass is 19.1. The molecule has 0 aliphatic carbocycles. The molecule has 5 aromatic rings. The minimum Gasteiger partial charge on any atom is -0.496 e. The molecule has 13 nitrogen and oxygen atoms in total. The van der Waals surface area contributed by atoms with Gasteiger partial charge in [0.05, 0.1) is 37.3 Å². The smallest absolute Gasteiger partial charge is 0.270 e. The highest BCUT2D eigenvalue weighted by molar-refractivity contribution is 6.05. The second kappa shape index (κ2) is 13.3. The van der Waals surface area contributed by atoms with Gasteiger partial charge >= 0.3 is 0 Å². The van der Waals surface area contributed by atoms with E-state index < -0.39 is 5.82 Å². The van der Waals surface area contributed by atoms with Crippen molar-refractivity contribution in [2.45, 2.75) is 19.4 Å². The van der Waals surface area contributed by atoms with Crippen LogP contribution in [0.15, 0.2) is 61.1 Å². The average Bonchev–Trinajstić information content (AvgIpc) is 3.91. The molecule has 0 unspecified atom stereocenters. The number of nitrogens with one attached hydrogen (secondary N) is 1. The summed E-state index contributed by atoms with van der Waals surface area (Å²) in [7, 11) is 3.31. The number of nitriles is 1. The Morgan fingerprint density at radius 3 is 2.63 bits per heavy atom. The molecule has 0 spiro atoms. The first-order valence-corrected chi connectivity index (χ1v) is 16.1. The number of amides is 2. The average molecular weight is 663 g/mol. The minimum atomic E-state index is -0.485. The molecule has 2 aromatic carbocycles. The molecule has 1 saturated heterocycles. The molecular formula is C35H35FN10O3. The van der Waals surface area contributed by atoms with Crippen LogP contribution in [0.4, 0.5) is 10.1 Å². The number of carbonyl (C=O) groups excluding carboxylic acids is 2. The van der Waals surface area contributed by atoms with Crippen LogP contribution >= 0.6 is 0 Å². The lowest BCUT2D eigenvalue weighted by Crippen LogP contribution is -2.49. The first-order valence-electron chi connectivity index (χ1n) is 16.1. The summed E-state index contributed by atoms with van der Waals surface area (Å²) in [6.07, 6.45) is 7.76. The lowest BCUT2D eigenvalue weighted by Gasteiger charge is -2.35. The van der Waals surface area contributed by atoms with E-state index in [4.69, 9.17) is 4.74 Å². The Kier molecular flexibility index (Phi) is 8.56. The first-order chi connectivity index (χ1) is 23.9. The summed E-state index contributed by atoms with van der Waals surface area (Å²) in [5.74, 6) is -0.161. The lowest BCUT2D eigenvalue weighted by atomic mass is 9.93. The number of ether oxygens (including phenoxy) is 1. The fourth-order valence-corrected chi connectivity index (χ4v) is 6.68. The van der Waals surface area contributed by atoms with Crippen LogP contribution in [0.3, 0.4) is 0 Å². The molecule has 2 aliphatic rings. The number of aromatic nitrogens is 6. The number of H-pyrrole nitrogens is 1. The summed E-state index contributed by atoms with van der Waals surface area (Å²) in [5, 5.41) is 22.0. The number of aromatic amines is 1. The molecule has 0 saturated carbocycles. The number of aryl methyl sites for hydroxylation is 2. The molecular weight excluding hydrogens is 627 g/mol. The molecule has 5 heterocycles. The van der Waals surface area contributed by atoms with Crippen LogP contribution in [0.2, 0.25) is 0 Å². The van der Waals surface area contributed by atoms with E-state index in [1.54, 1.807) is 64.0 Å². The van der Waals surface area contributed by atoms with Gasteiger partial charge in [0.1, 0.15) is 17.5 Å². The van der Waals surface area contributed by atoms with Crippen molar-refractivity contribution >= 4 is 34.0 Å². The van der Waals surface area contributed by atoms with Gasteiger partial charge in [0.15, 0.2) is 11.5 Å². The van der Waals surface area contributed by atoms with Crippen LogP contribution in [0, 0.1) is 17.1 Å². The molecule has 49 heavy (non-hydrogen) atoms. The van der Waals surface area contributed by atoms with Crippen molar-refractivity contribution in [2.75, 3.05) is 51.3 Å². The van der Waals surface area contributed by atoms with E-state index in [2.05, 4.69) is 26.5 Å². The van der Waals surface area contributed by atoms with Gasteiger partial charge < -0.3 is 24.4 Å². The second-order valence-corrected chi connectivity index (χ2v) is 12.1. The fourth-order valence-electron chi connectivity index (χ4n) is 6.68. The Balaban J connectivity index is 1.19. The van der Waals surface area contributed by atoms with E-state index in [0.29, 0.717) is 79.2 Å². The summed E-state index contributed by atoms with van der Waals surface area (Å²) in [6.45, 7) is 3.11. The largest absolute Gasteiger partial charge is 0.496 e. The van der Waals surface area contributed by atoms with Gasteiger partial charge in [-0.1, -0.05) is 29.5 Å². The monoisotopic (exact) mass is 662 g/mol. The van der Waals surface area contributed by atoms with Gasteiger partial charge in [0.2, 0.25) is 5.91 Å². The maximum Gasteiger partial charge on any atom is 0.270 e. The zero-order valence-corrected chi connectivity index (χ0v) is 27.3. The molecule has 0 atom stereocenters. The molecule has 2 aliphatic heterocycles. The molecule has 250 valence electrons. The third kappa shape index (κ3) is 5.99. The molecule has 0 bridgehead atoms. The number of para-hydroxylation sites is 1. The van der Waals surface area contributed by atoms with Gasteiger partial charge in [0, 0.05) is 75.4 Å². The number of nitrogens with zero attached hydrogens (tertiary/aromatic N) is 9. The van der Waals surface area contributed by atoms with Crippen molar-refractivity contribution in [3.05, 3.63) is 83.8 Å². The maximum absolute atomic E-state index is 16.6. The molecule has 0 radical (unpaired) electrons. The van der Waals surface area contributed by atoms with E-state index >= 15 is 4.39 Å². The summed E-state index contributed by atoms with van der Waals surface area (Å²) in [6, 6.07) is 13.2. The Morgan fingerprint density at radius 2 is 1.88 bits per heavy atom. The summed E-state index contributed by atoms with van der Waals surface area (Å²) in [5.41, 5.74) is 4.22. The minimum absolute atomic E-state index is 0.0484. The molecule has 1 N–H and O–H groups in total. The highest BCUT2D eigenvalue weighted by Crippen LogP contribution is 2.40. The predicted octanol–water partition coefficient (Wildman–Crippen LogP) is 3.85. The maximum atomic E-state index is 16.6. The SMILES string of the molecule is COc1ccccc1-c1cc(C2=CCCN(C(=O)CCn3ccnn3)C2)c(F)c2[nH]c(C(=O)N3CCN(c4cnn(C)c4C#N)CC3)cc12. The van der Waals surface area contributed by atoms with E-state index in [1.165, 1.54) is 0 Å².